The van der Waals surface area contributed by atoms with Crippen LogP contribution in [0.2, 0.25) is 0 Å². The second-order valence-electron chi connectivity index (χ2n) is 6.80. The zero-order chi connectivity index (χ0) is 19.1. The first-order valence-electron chi connectivity index (χ1n) is 9.01. The maximum atomic E-state index is 5.20. The predicted molar refractivity (Wildman–Crippen MR) is 107 cm³/mol. The molecule has 0 amide bonds. The summed E-state index contributed by atoms with van der Waals surface area (Å²) in [7, 11) is 7.53. The molecule has 1 N–H and O–H groups in total. The van der Waals surface area contributed by atoms with E-state index in [1.807, 2.05) is 30.9 Å². The molecular weight excluding hydrogens is 326 g/mol. The lowest BCUT2D eigenvalue weighted by molar-refractivity contribution is 0.414. The van der Waals surface area contributed by atoms with Crippen molar-refractivity contribution >= 4 is 5.96 Å². The van der Waals surface area contributed by atoms with E-state index >= 15 is 0 Å². The van der Waals surface area contributed by atoms with E-state index in [1.165, 1.54) is 11.1 Å². The highest BCUT2D eigenvalue weighted by Gasteiger charge is 2.14. The van der Waals surface area contributed by atoms with Gasteiger partial charge in [0, 0.05) is 46.0 Å². The number of ether oxygens (including phenoxy) is 1. The van der Waals surface area contributed by atoms with Gasteiger partial charge in [0.2, 0.25) is 0 Å². The summed E-state index contributed by atoms with van der Waals surface area (Å²) in [4.78, 5) is 6.54. The van der Waals surface area contributed by atoms with Gasteiger partial charge in [0.25, 0.3) is 0 Å². The number of nitrogens with zero attached hydrogens (tertiary/aromatic N) is 4. The third-order valence-corrected chi connectivity index (χ3v) is 4.32. The van der Waals surface area contributed by atoms with Crippen LogP contribution in [0.4, 0.5) is 0 Å². The molecule has 0 saturated carbocycles. The minimum atomic E-state index is 0.407. The van der Waals surface area contributed by atoms with Gasteiger partial charge in [0.05, 0.1) is 12.8 Å². The van der Waals surface area contributed by atoms with Gasteiger partial charge in [-0.2, -0.15) is 5.10 Å². The van der Waals surface area contributed by atoms with Crippen molar-refractivity contribution in [2.45, 2.75) is 32.7 Å². The van der Waals surface area contributed by atoms with E-state index in [4.69, 9.17) is 4.74 Å². The van der Waals surface area contributed by atoms with Gasteiger partial charge in [-0.3, -0.25) is 9.67 Å². The molecule has 0 fully saturated rings. The van der Waals surface area contributed by atoms with Gasteiger partial charge in [-0.25, -0.2) is 0 Å². The van der Waals surface area contributed by atoms with Crippen LogP contribution in [0.1, 0.15) is 36.6 Å². The number of aliphatic imine (C=N–C) groups is 1. The fourth-order valence-electron chi connectivity index (χ4n) is 2.99. The Bertz CT molecular complexity index is 718. The standard InChI is InChI=1S/C20H31N5O/c1-15(2)19-17(14-25(5)23-19)13-24(4)20(21-3)22-12-11-16-7-9-18(26-6)10-8-16/h7-10,14-15H,11-13H2,1-6H3,(H,21,22). The summed E-state index contributed by atoms with van der Waals surface area (Å²) in [6.07, 6.45) is 3.03. The quantitative estimate of drug-likeness (QED) is 0.611. The van der Waals surface area contributed by atoms with Gasteiger partial charge in [-0.1, -0.05) is 26.0 Å². The van der Waals surface area contributed by atoms with Crippen LogP contribution < -0.4 is 10.1 Å². The van der Waals surface area contributed by atoms with Gasteiger partial charge >= 0.3 is 0 Å². The molecule has 0 aliphatic heterocycles. The lowest BCUT2D eigenvalue weighted by Gasteiger charge is -2.22. The Morgan fingerprint density at radius 3 is 2.58 bits per heavy atom. The second kappa shape index (κ2) is 9.27. The highest BCUT2D eigenvalue weighted by Crippen LogP contribution is 2.18. The number of guanidine groups is 1. The van der Waals surface area contributed by atoms with Crippen molar-refractivity contribution < 1.29 is 4.74 Å². The second-order valence-corrected chi connectivity index (χ2v) is 6.80. The maximum Gasteiger partial charge on any atom is 0.193 e. The van der Waals surface area contributed by atoms with Crippen LogP contribution in [0, 0.1) is 0 Å². The molecule has 1 heterocycles. The van der Waals surface area contributed by atoms with Crippen molar-refractivity contribution in [1.29, 1.82) is 0 Å². The van der Waals surface area contributed by atoms with Crippen molar-refractivity contribution in [2.75, 3.05) is 27.7 Å². The van der Waals surface area contributed by atoms with Gasteiger partial charge in [0.1, 0.15) is 5.75 Å². The van der Waals surface area contributed by atoms with Crippen LogP contribution in [-0.4, -0.2) is 48.4 Å². The number of methoxy groups -OCH3 is 1. The molecule has 6 heteroatoms. The highest BCUT2D eigenvalue weighted by atomic mass is 16.5. The smallest absolute Gasteiger partial charge is 0.193 e. The topological polar surface area (TPSA) is 54.7 Å². The van der Waals surface area contributed by atoms with Crippen molar-refractivity contribution in [2.24, 2.45) is 12.0 Å². The average Bonchev–Trinajstić information content (AvgIpc) is 2.99. The van der Waals surface area contributed by atoms with E-state index in [-0.39, 0.29) is 0 Å². The van der Waals surface area contributed by atoms with Crippen molar-refractivity contribution in [3.05, 3.63) is 47.3 Å². The van der Waals surface area contributed by atoms with E-state index in [0.29, 0.717) is 5.92 Å². The molecule has 0 atom stereocenters. The molecule has 1 aromatic heterocycles. The lowest BCUT2D eigenvalue weighted by atomic mass is 10.1. The van der Waals surface area contributed by atoms with E-state index in [9.17, 15) is 0 Å². The zero-order valence-electron chi connectivity index (χ0n) is 16.8. The molecule has 0 spiro atoms. The first-order chi connectivity index (χ1) is 12.4. The Balaban J connectivity index is 1.91. The van der Waals surface area contributed by atoms with Gasteiger partial charge in [0.15, 0.2) is 5.96 Å². The van der Waals surface area contributed by atoms with Crippen LogP contribution >= 0.6 is 0 Å². The molecule has 26 heavy (non-hydrogen) atoms. The number of hydrogen-bond acceptors (Lipinski definition) is 3. The Morgan fingerprint density at radius 2 is 2.00 bits per heavy atom. The Kier molecular flexibility index (Phi) is 7.06. The Labute approximate surface area is 156 Å². The van der Waals surface area contributed by atoms with Crippen molar-refractivity contribution in [3.63, 3.8) is 0 Å². The molecule has 142 valence electrons. The fourth-order valence-corrected chi connectivity index (χ4v) is 2.99. The number of hydrogen-bond donors (Lipinski definition) is 1. The first-order valence-corrected chi connectivity index (χ1v) is 9.01. The Morgan fingerprint density at radius 1 is 1.31 bits per heavy atom. The summed E-state index contributed by atoms with van der Waals surface area (Å²) in [6.45, 7) is 5.96. The fraction of sp³-hybridized carbons (Fsp3) is 0.500. The van der Waals surface area contributed by atoms with Gasteiger partial charge < -0.3 is 15.0 Å². The molecule has 0 bridgehead atoms. The number of aromatic nitrogens is 2. The zero-order valence-corrected chi connectivity index (χ0v) is 16.8. The summed E-state index contributed by atoms with van der Waals surface area (Å²) in [5, 5.41) is 8.02. The molecule has 6 nitrogen and oxygen atoms in total. The maximum absolute atomic E-state index is 5.20. The monoisotopic (exact) mass is 357 g/mol. The minimum Gasteiger partial charge on any atom is -0.497 e. The van der Waals surface area contributed by atoms with Gasteiger partial charge in [-0.15, -0.1) is 0 Å². The average molecular weight is 358 g/mol. The molecule has 2 rings (SSSR count). The number of nitrogens with one attached hydrogen (secondary N) is 1. The third-order valence-electron chi connectivity index (χ3n) is 4.32. The number of benzene rings is 1. The molecular formula is C20H31N5O. The lowest BCUT2D eigenvalue weighted by Crippen LogP contribution is -2.39. The summed E-state index contributed by atoms with van der Waals surface area (Å²) in [5.41, 5.74) is 3.65. The first kappa shape index (κ1) is 19.8. The van der Waals surface area contributed by atoms with Crippen LogP contribution in [0.25, 0.3) is 0 Å². The molecule has 0 radical (unpaired) electrons. The molecule has 0 aliphatic carbocycles. The summed E-state index contributed by atoms with van der Waals surface area (Å²) >= 11 is 0. The number of rotatable bonds is 7. The van der Waals surface area contributed by atoms with Crippen LogP contribution in [0.15, 0.2) is 35.5 Å². The predicted octanol–water partition coefficient (Wildman–Crippen LogP) is 2.80. The van der Waals surface area contributed by atoms with E-state index in [0.717, 1.165) is 36.9 Å². The van der Waals surface area contributed by atoms with Gasteiger partial charge in [-0.05, 0) is 30.0 Å². The summed E-state index contributed by atoms with van der Waals surface area (Å²) in [6, 6.07) is 8.17. The summed E-state index contributed by atoms with van der Waals surface area (Å²) < 4.78 is 7.08. The normalized spacial score (nSPS) is 11.7. The molecule has 1 aromatic carbocycles. The van der Waals surface area contributed by atoms with Crippen LogP contribution in [-0.2, 0) is 20.0 Å². The van der Waals surface area contributed by atoms with E-state index in [2.05, 4.69) is 59.5 Å². The molecule has 0 unspecified atom stereocenters. The SMILES string of the molecule is CN=C(NCCc1ccc(OC)cc1)N(C)Cc1cn(C)nc1C(C)C. The van der Waals surface area contributed by atoms with E-state index in [1.54, 1.807) is 7.11 Å². The molecule has 0 saturated heterocycles. The highest BCUT2D eigenvalue weighted by molar-refractivity contribution is 5.79. The number of aryl methyl sites for hydroxylation is 1. The third kappa shape index (κ3) is 5.25. The molecule has 0 aliphatic rings. The van der Waals surface area contributed by atoms with Crippen LogP contribution in [0.5, 0.6) is 5.75 Å². The van der Waals surface area contributed by atoms with Crippen LogP contribution in [0.3, 0.4) is 0 Å². The van der Waals surface area contributed by atoms with Crippen molar-refractivity contribution in [1.82, 2.24) is 20.0 Å². The molecule has 2 aromatic rings. The summed E-state index contributed by atoms with van der Waals surface area (Å²) in [5.74, 6) is 2.18. The Hall–Kier alpha value is -2.50. The van der Waals surface area contributed by atoms with E-state index < -0.39 is 0 Å². The minimum absolute atomic E-state index is 0.407. The van der Waals surface area contributed by atoms with Crippen molar-refractivity contribution in [3.8, 4) is 5.75 Å². The largest absolute Gasteiger partial charge is 0.497 e.